The Morgan fingerprint density at radius 3 is 2.24 bits per heavy atom. The van der Waals surface area contributed by atoms with E-state index in [4.69, 9.17) is 5.10 Å². The molecule has 0 saturated heterocycles. The lowest BCUT2D eigenvalue weighted by atomic mass is 9.79. The molecule has 2 aliphatic rings. The van der Waals surface area contributed by atoms with Crippen LogP contribution in [-0.4, -0.2) is 26.5 Å². The second-order valence-electron chi connectivity index (χ2n) is 10.0. The molecule has 2 aromatic rings. The molecule has 2 aromatic heterocycles. The van der Waals surface area contributed by atoms with Crippen LogP contribution in [0.4, 0.5) is 0 Å². The van der Waals surface area contributed by atoms with Gasteiger partial charge >= 0.3 is 0 Å². The van der Waals surface area contributed by atoms with Crippen LogP contribution in [0.3, 0.4) is 0 Å². The van der Waals surface area contributed by atoms with E-state index >= 15 is 0 Å². The van der Waals surface area contributed by atoms with Crippen molar-refractivity contribution in [1.29, 1.82) is 0 Å². The van der Waals surface area contributed by atoms with Gasteiger partial charge in [-0.1, -0.05) is 47.1 Å². The lowest BCUT2D eigenvalue weighted by molar-refractivity contribution is -0.131. The maximum absolute atomic E-state index is 13.7. The summed E-state index contributed by atoms with van der Waals surface area (Å²) in [6, 6.07) is 4.71. The number of hydrogen-bond donors (Lipinski definition) is 0. The molecule has 2 atom stereocenters. The Bertz CT molecular complexity index is 993. The van der Waals surface area contributed by atoms with Crippen molar-refractivity contribution in [1.82, 2.24) is 14.5 Å². The predicted octanol–water partition coefficient (Wildman–Crippen LogP) is 5.85. The van der Waals surface area contributed by atoms with Gasteiger partial charge in [0.15, 0.2) is 0 Å². The zero-order valence-electron chi connectivity index (χ0n) is 19.2. The molecule has 0 unspecified atom stereocenters. The monoisotopic (exact) mass is 393 g/mol. The number of aromatic nitrogens is 2. The maximum Gasteiger partial charge on any atom is 0.250 e. The van der Waals surface area contributed by atoms with Crippen LogP contribution < -0.4 is 0 Å². The van der Waals surface area contributed by atoms with Crippen LogP contribution in [0.25, 0.3) is 5.52 Å². The number of pyridine rings is 1. The number of carbonyl (C=O) groups is 1. The molecule has 0 aromatic carbocycles. The Morgan fingerprint density at radius 1 is 1.00 bits per heavy atom. The number of nitrogens with zero attached hydrogens (tertiary/aromatic N) is 3. The molecule has 0 N–H and O–H groups in total. The van der Waals surface area contributed by atoms with Gasteiger partial charge in [0.25, 0.3) is 5.91 Å². The standard InChI is InChI=1S/C25H35N3O/c1-13(2)17-9-10-27-19(11-17)23-18-12-20(24(23)26-27)28(16(7)8)25(29)22(15(5)6)21(18)14(3)4/h9-11,13-16,18,20H,12H2,1-8H3/t18-,20-/m1/s1. The quantitative estimate of drug-likeness (QED) is 0.654. The summed E-state index contributed by atoms with van der Waals surface area (Å²) in [6.45, 7) is 17.6. The summed E-state index contributed by atoms with van der Waals surface area (Å²) in [5.41, 5.74) is 7.40. The third kappa shape index (κ3) is 2.94. The fourth-order valence-electron chi connectivity index (χ4n) is 5.52. The zero-order valence-corrected chi connectivity index (χ0v) is 19.2. The second-order valence-corrected chi connectivity index (χ2v) is 10.0. The lowest BCUT2D eigenvalue weighted by Gasteiger charge is -2.33. The summed E-state index contributed by atoms with van der Waals surface area (Å²) in [7, 11) is 0. The van der Waals surface area contributed by atoms with Crippen molar-refractivity contribution in [2.45, 2.75) is 85.7 Å². The highest BCUT2D eigenvalue weighted by Gasteiger charge is 2.48. The average molecular weight is 394 g/mol. The van der Waals surface area contributed by atoms with Gasteiger partial charge in [0.05, 0.1) is 17.3 Å². The molecule has 3 heterocycles. The van der Waals surface area contributed by atoms with Gasteiger partial charge in [0.1, 0.15) is 0 Å². The molecule has 1 aliphatic heterocycles. The van der Waals surface area contributed by atoms with Crippen LogP contribution in [0.2, 0.25) is 0 Å². The van der Waals surface area contributed by atoms with E-state index in [2.05, 4.69) is 78.6 Å². The first-order valence-corrected chi connectivity index (χ1v) is 11.2. The fourth-order valence-corrected chi connectivity index (χ4v) is 5.52. The number of allylic oxidation sites excluding steroid dienone is 1. The first kappa shape index (κ1) is 20.2. The van der Waals surface area contributed by atoms with Gasteiger partial charge in [-0.25, -0.2) is 4.52 Å². The third-order valence-corrected chi connectivity index (χ3v) is 6.76. The minimum atomic E-state index is 0.0647. The van der Waals surface area contributed by atoms with E-state index in [1.54, 1.807) is 0 Å². The summed E-state index contributed by atoms with van der Waals surface area (Å²) in [5, 5.41) is 5.01. The van der Waals surface area contributed by atoms with Crippen molar-refractivity contribution in [2.24, 2.45) is 11.8 Å². The highest BCUT2D eigenvalue weighted by molar-refractivity contribution is 5.96. The van der Waals surface area contributed by atoms with Crippen molar-refractivity contribution >= 4 is 11.4 Å². The zero-order chi connectivity index (χ0) is 21.2. The van der Waals surface area contributed by atoms with Crippen LogP contribution in [0.15, 0.2) is 29.5 Å². The van der Waals surface area contributed by atoms with Gasteiger partial charge in [-0.2, -0.15) is 5.10 Å². The van der Waals surface area contributed by atoms with E-state index < -0.39 is 0 Å². The van der Waals surface area contributed by atoms with E-state index in [-0.39, 0.29) is 29.8 Å². The van der Waals surface area contributed by atoms with E-state index in [0.717, 1.165) is 17.7 Å². The highest BCUT2D eigenvalue weighted by Crippen LogP contribution is 2.54. The van der Waals surface area contributed by atoms with Crippen LogP contribution in [-0.2, 0) is 4.79 Å². The van der Waals surface area contributed by atoms with Crippen LogP contribution in [0.5, 0.6) is 0 Å². The van der Waals surface area contributed by atoms with Gasteiger partial charge in [0.2, 0.25) is 0 Å². The highest BCUT2D eigenvalue weighted by atomic mass is 16.2. The van der Waals surface area contributed by atoms with E-state index in [1.807, 2.05) is 4.52 Å². The predicted molar refractivity (Wildman–Crippen MR) is 118 cm³/mol. The van der Waals surface area contributed by atoms with Crippen molar-refractivity contribution in [3.63, 3.8) is 0 Å². The van der Waals surface area contributed by atoms with E-state index in [1.165, 1.54) is 22.2 Å². The second kappa shape index (κ2) is 7.00. The molecule has 1 amide bonds. The molecular weight excluding hydrogens is 358 g/mol. The number of carbonyl (C=O) groups excluding carboxylic acids is 1. The summed E-state index contributed by atoms with van der Waals surface area (Å²) in [5.74, 6) is 1.53. The Hall–Kier alpha value is -2.10. The fraction of sp³-hybridized carbons (Fsp3) is 0.600. The Labute approximate surface area is 175 Å². The summed E-state index contributed by atoms with van der Waals surface area (Å²) in [4.78, 5) is 15.8. The summed E-state index contributed by atoms with van der Waals surface area (Å²) < 4.78 is 2.04. The molecule has 0 saturated carbocycles. The molecule has 2 bridgehead atoms. The van der Waals surface area contributed by atoms with Gasteiger partial charge < -0.3 is 4.90 Å². The smallest absolute Gasteiger partial charge is 0.250 e. The topological polar surface area (TPSA) is 37.6 Å². The Morgan fingerprint density at radius 2 is 1.69 bits per heavy atom. The van der Waals surface area contributed by atoms with E-state index in [9.17, 15) is 4.79 Å². The molecule has 0 fully saturated rings. The van der Waals surface area contributed by atoms with Crippen LogP contribution in [0, 0.1) is 11.8 Å². The number of fused-ring (bicyclic) bond motifs is 7. The molecular formula is C25H35N3O. The molecule has 0 radical (unpaired) electrons. The lowest BCUT2D eigenvalue weighted by Crippen LogP contribution is -2.41. The number of rotatable bonds is 4. The van der Waals surface area contributed by atoms with Crippen molar-refractivity contribution in [3.05, 3.63) is 46.3 Å². The van der Waals surface area contributed by atoms with E-state index in [0.29, 0.717) is 11.8 Å². The molecule has 4 heteroatoms. The minimum Gasteiger partial charge on any atom is -0.328 e. The van der Waals surface area contributed by atoms with Gasteiger partial charge in [-0.3, -0.25) is 4.79 Å². The van der Waals surface area contributed by atoms with Gasteiger partial charge in [-0.05, 0) is 55.7 Å². The molecule has 4 rings (SSSR count). The number of amides is 1. The summed E-state index contributed by atoms with van der Waals surface area (Å²) in [6.07, 6.45) is 3.06. The molecule has 156 valence electrons. The van der Waals surface area contributed by atoms with Crippen molar-refractivity contribution in [2.75, 3.05) is 0 Å². The SMILES string of the molecule is CC(C)C1=C(C(C)C)[C@H]2C[C@H](c3nn4ccc(C(C)C)cc4c32)N(C(C)C)C1=O. The van der Waals surface area contributed by atoms with Crippen LogP contribution >= 0.6 is 0 Å². The Kier molecular flexibility index (Phi) is 4.87. The molecule has 4 nitrogen and oxygen atoms in total. The number of hydrogen-bond acceptors (Lipinski definition) is 2. The molecule has 1 aliphatic carbocycles. The van der Waals surface area contributed by atoms with Crippen molar-refractivity contribution in [3.8, 4) is 0 Å². The van der Waals surface area contributed by atoms with Crippen LogP contribution in [0.1, 0.15) is 96.5 Å². The minimum absolute atomic E-state index is 0.0647. The van der Waals surface area contributed by atoms with Gasteiger partial charge in [0, 0.05) is 29.3 Å². The average Bonchev–Trinajstić information content (AvgIpc) is 3.11. The molecule has 29 heavy (non-hydrogen) atoms. The largest absolute Gasteiger partial charge is 0.328 e. The first-order valence-electron chi connectivity index (χ1n) is 11.2. The first-order chi connectivity index (χ1) is 13.6. The van der Waals surface area contributed by atoms with Crippen molar-refractivity contribution < 1.29 is 4.79 Å². The maximum atomic E-state index is 13.7. The van der Waals surface area contributed by atoms with Gasteiger partial charge in [-0.15, -0.1) is 0 Å². The normalized spacial score (nSPS) is 22.1. The Balaban J connectivity index is 2.05. The molecule has 0 spiro atoms. The third-order valence-electron chi connectivity index (χ3n) is 6.76. The summed E-state index contributed by atoms with van der Waals surface area (Å²) >= 11 is 0.